The van der Waals surface area contributed by atoms with Gasteiger partial charge in [-0.2, -0.15) is 5.26 Å². The van der Waals surface area contributed by atoms with E-state index in [1.165, 1.54) is 0 Å². The second-order valence-corrected chi connectivity index (χ2v) is 4.13. The lowest BCUT2D eigenvalue weighted by atomic mass is 10.1. The Morgan fingerprint density at radius 3 is 2.19 bits per heavy atom. The van der Waals surface area contributed by atoms with Crippen molar-refractivity contribution in [3.8, 4) is 34.6 Å². The Kier molecular flexibility index (Phi) is 4.28. The summed E-state index contributed by atoms with van der Waals surface area (Å²) in [5.41, 5.74) is 1.61. The summed E-state index contributed by atoms with van der Waals surface area (Å²) < 4.78 is 17.6. The Morgan fingerprint density at radius 2 is 1.76 bits per heavy atom. The van der Waals surface area contributed by atoms with Crippen LogP contribution in [0.25, 0.3) is 11.3 Å². The van der Waals surface area contributed by atoms with E-state index in [-0.39, 0.29) is 5.69 Å². The average Bonchev–Trinajstić information content (AvgIpc) is 2.96. The van der Waals surface area contributed by atoms with E-state index in [1.807, 2.05) is 13.0 Å². The van der Waals surface area contributed by atoms with E-state index in [9.17, 15) is 5.26 Å². The van der Waals surface area contributed by atoms with Crippen molar-refractivity contribution in [3.63, 3.8) is 0 Å². The SMILES string of the molecule is CCn1nnc(C#N)c1-c1cc(OC)c(OC)c(OC)c1. The van der Waals surface area contributed by atoms with Crippen LogP contribution in [0, 0.1) is 11.3 Å². The van der Waals surface area contributed by atoms with Crippen molar-refractivity contribution in [2.45, 2.75) is 13.5 Å². The number of aromatic nitrogens is 3. The molecule has 2 aromatic rings. The fraction of sp³-hybridized carbons (Fsp3) is 0.357. The molecular weight excluding hydrogens is 272 g/mol. The molecule has 0 saturated carbocycles. The minimum absolute atomic E-state index is 0.256. The summed E-state index contributed by atoms with van der Waals surface area (Å²) in [6.07, 6.45) is 0. The normalized spacial score (nSPS) is 10.0. The highest BCUT2D eigenvalue weighted by molar-refractivity contribution is 5.71. The van der Waals surface area contributed by atoms with Gasteiger partial charge < -0.3 is 14.2 Å². The maximum absolute atomic E-state index is 9.19. The fourth-order valence-corrected chi connectivity index (χ4v) is 2.11. The van der Waals surface area contributed by atoms with Gasteiger partial charge in [-0.3, -0.25) is 0 Å². The average molecular weight is 288 g/mol. The molecule has 21 heavy (non-hydrogen) atoms. The van der Waals surface area contributed by atoms with Crippen molar-refractivity contribution < 1.29 is 14.2 Å². The van der Waals surface area contributed by atoms with E-state index in [2.05, 4.69) is 10.3 Å². The molecule has 7 heteroatoms. The minimum atomic E-state index is 0.256. The predicted octanol–water partition coefficient (Wildman–Crippen LogP) is 1.86. The molecule has 0 fully saturated rings. The standard InChI is InChI=1S/C14H16N4O3/c1-5-18-13(10(8-15)16-17-18)9-6-11(19-2)14(21-4)12(7-9)20-3/h6-7H,5H2,1-4H3. The van der Waals surface area contributed by atoms with Crippen LogP contribution in [-0.4, -0.2) is 36.3 Å². The van der Waals surface area contributed by atoms with E-state index >= 15 is 0 Å². The van der Waals surface area contributed by atoms with Crippen molar-refractivity contribution in [2.75, 3.05) is 21.3 Å². The molecular formula is C14H16N4O3. The molecule has 0 radical (unpaired) electrons. The lowest BCUT2D eigenvalue weighted by Crippen LogP contribution is -2.01. The molecule has 0 spiro atoms. The van der Waals surface area contributed by atoms with Gasteiger partial charge in [0.1, 0.15) is 11.8 Å². The molecule has 1 heterocycles. The van der Waals surface area contributed by atoms with Crippen molar-refractivity contribution >= 4 is 0 Å². The van der Waals surface area contributed by atoms with Gasteiger partial charge in [0.25, 0.3) is 0 Å². The van der Waals surface area contributed by atoms with Gasteiger partial charge in [-0.1, -0.05) is 5.21 Å². The van der Waals surface area contributed by atoms with Crippen molar-refractivity contribution in [3.05, 3.63) is 17.8 Å². The Labute approximate surface area is 122 Å². The maximum Gasteiger partial charge on any atom is 0.203 e. The molecule has 2 rings (SSSR count). The van der Waals surface area contributed by atoms with E-state index < -0.39 is 0 Å². The molecule has 0 amide bonds. The lowest BCUT2D eigenvalue weighted by molar-refractivity contribution is 0.324. The van der Waals surface area contributed by atoms with E-state index in [1.54, 1.807) is 38.1 Å². The summed E-state index contributed by atoms with van der Waals surface area (Å²) in [5, 5.41) is 17.0. The summed E-state index contributed by atoms with van der Waals surface area (Å²) >= 11 is 0. The molecule has 1 aromatic carbocycles. The molecule has 7 nitrogen and oxygen atoms in total. The molecule has 110 valence electrons. The predicted molar refractivity (Wildman–Crippen MR) is 75.5 cm³/mol. The van der Waals surface area contributed by atoms with Crippen molar-refractivity contribution in [1.29, 1.82) is 5.26 Å². The first kappa shape index (κ1) is 14.7. The molecule has 1 aromatic heterocycles. The number of hydrogen-bond acceptors (Lipinski definition) is 6. The summed E-state index contributed by atoms with van der Waals surface area (Å²) in [4.78, 5) is 0. The number of rotatable bonds is 5. The summed E-state index contributed by atoms with van der Waals surface area (Å²) in [6, 6.07) is 5.59. The first-order valence-electron chi connectivity index (χ1n) is 6.34. The Balaban J connectivity index is 2.71. The number of ether oxygens (including phenoxy) is 3. The van der Waals surface area contributed by atoms with Gasteiger partial charge in [0.05, 0.1) is 21.3 Å². The highest BCUT2D eigenvalue weighted by Gasteiger charge is 2.19. The van der Waals surface area contributed by atoms with Gasteiger partial charge in [0.2, 0.25) is 5.75 Å². The van der Waals surface area contributed by atoms with Gasteiger partial charge in [0.15, 0.2) is 17.2 Å². The summed E-state index contributed by atoms with van der Waals surface area (Å²) in [7, 11) is 4.63. The number of methoxy groups -OCH3 is 3. The second-order valence-electron chi connectivity index (χ2n) is 4.13. The van der Waals surface area contributed by atoms with Crippen LogP contribution in [0.3, 0.4) is 0 Å². The van der Waals surface area contributed by atoms with Crippen molar-refractivity contribution in [2.24, 2.45) is 0 Å². The second kappa shape index (κ2) is 6.13. The van der Waals surface area contributed by atoms with Crippen LogP contribution in [-0.2, 0) is 6.54 Å². The van der Waals surface area contributed by atoms with Crippen LogP contribution in [0.4, 0.5) is 0 Å². The van der Waals surface area contributed by atoms with E-state index in [0.29, 0.717) is 29.5 Å². The first-order chi connectivity index (χ1) is 10.2. The van der Waals surface area contributed by atoms with Gasteiger partial charge >= 0.3 is 0 Å². The van der Waals surface area contributed by atoms with Crippen LogP contribution in [0.5, 0.6) is 17.2 Å². The Bertz CT molecular complexity index is 663. The number of benzene rings is 1. The first-order valence-corrected chi connectivity index (χ1v) is 6.34. The van der Waals surface area contributed by atoms with E-state index in [4.69, 9.17) is 14.2 Å². The van der Waals surface area contributed by atoms with Crippen LogP contribution in [0.15, 0.2) is 12.1 Å². The smallest absolute Gasteiger partial charge is 0.203 e. The zero-order chi connectivity index (χ0) is 15.4. The monoisotopic (exact) mass is 288 g/mol. The minimum Gasteiger partial charge on any atom is -0.493 e. The molecule has 0 bridgehead atoms. The number of aryl methyl sites for hydroxylation is 1. The molecule has 0 aliphatic heterocycles. The maximum atomic E-state index is 9.19. The zero-order valence-corrected chi connectivity index (χ0v) is 12.4. The van der Waals surface area contributed by atoms with Gasteiger partial charge in [-0.25, -0.2) is 4.68 Å². The van der Waals surface area contributed by atoms with E-state index in [0.717, 1.165) is 5.56 Å². The number of hydrogen-bond donors (Lipinski definition) is 0. The largest absolute Gasteiger partial charge is 0.493 e. The molecule has 0 unspecified atom stereocenters. The fourth-order valence-electron chi connectivity index (χ4n) is 2.11. The van der Waals surface area contributed by atoms with Crippen LogP contribution in [0.2, 0.25) is 0 Å². The van der Waals surface area contributed by atoms with Crippen molar-refractivity contribution in [1.82, 2.24) is 15.0 Å². The summed E-state index contributed by atoms with van der Waals surface area (Å²) in [6.45, 7) is 2.53. The molecule has 0 saturated heterocycles. The molecule has 0 atom stereocenters. The molecule has 0 aliphatic rings. The summed E-state index contributed by atoms with van der Waals surface area (Å²) in [5.74, 6) is 1.52. The van der Waals surface area contributed by atoms with Crippen LogP contribution >= 0.6 is 0 Å². The molecule has 0 N–H and O–H groups in total. The lowest BCUT2D eigenvalue weighted by Gasteiger charge is -2.14. The quantitative estimate of drug-likeness (QED) is 0.835. The highest BCUT2D eigenvalue weighted by Crippen LogP contribution is 2.41. The Morgan fingerprint density at radius 1 is 1.14 bits per heavy atom. The van der Waals surface area contributed by atoms with Gasteiger partial charge in [-0.15, -0.1) is 5.10 Å². The van der Waals surface area contributed by atoms with Crippen LogP contribution < -0.4 is 14.2 Å². The van der Waals surface area contributed by atoms with Crippen LogP contribution in [0.1, 0.15) is 12.6 Å². The third-order valence-corrected chi connectivity index (χ3v) is 3.08. The third-order valence-electron chi connectivity index (χ3n) is 3.08. The molecule has 0 aliphatic carbocycles. The zero-order valence-electron chi connectivity index (χ0n) is 12.4. The number of nitrogens with zero attached hydrogens (tertiary/aromatic N) is 4. The Hall–Kier alpha value is -2.75. The highest BCUT2D eigenvalue weighted by atomic mass is 16.5. The third kappa shape index (κ3) is 2.48. The van der Waals surface area contributed by atoms with Gasteiger partial charge in [-0.05, 0) is 19.1 Å². The van der Waals surface area contributed by atoms with Gasteiger partial charge in [0, 0.05) is 12.1 Å². The topological polar surface area (TPSA) is 82.2 Å². The number of nitriles is 1.